The minimum atomic E-state index is 0.234. The Morgan fingerprint density at radius 3 is 2.84 bits per heavy atom. The number of anilines is 1. The van der Waals surface area contributed by atoms with Crippen molar-refractivity contribution in [2.24, 2.45) is 5.73 Å². The molecule has 100 valence electrons. The van der Waals surface area contributed by atoms with Crippen LogP contribution in [0.1, 0.15) is 25.7 Å². The van der Waals surface area contributed by atoms with Gasteiger partial charge in [-0.3, -0.25) is 0 Å². The molecular weight excluding hydrogens is 302 g/mol. The average molecular weight is 320 g/mol. The summed E-state index contributed by atoms with van der Waals surface area (Å²) in [6.45, 7) is 0. The molecule has 0 radical (unpaired) electrons. The molecule has 19 heavy (non-hydrogen) atoms. The molecule has 0 bridgehead atoms. The molecule has 1 aliphatic rings. The van der Waals surface area contributed by atoms with Gasteiger partial charge in [-0.1, -0.05) is 40.9 Å². The number of rotatable bonds is 2. The molecule has 2 atom stereocenters. The molecule has 0 amide bonds. The predicted octanol–water partition coefficient (Wildman–Crippen LogP) is 3.68. The number of aromatic nitrogens is 1. The van der Waals surface area contributed by atoms with Crippen LogP contribution in [-0.4, -0.2) is 17.1 Å². The van der Waals surface area contributed by atoms with Gasteiger partial charge in [0.1, 0.15) is 5.82 Å². The Kier molecular flexibility index (Phi) is 3.71. The van der Waals surface area contributed by atoms with E-state index in [4.69, 9.17) is 5.73 Å². The average Bonchev–Trinajstić information content (AvgIpc) is 2.42. The molecule has 1 heterocycles. The van der Waals surface area contributed by atoms with Gasteiger partial charge in [-0.15, -0.1) is 0 Å². The lowest BCUT2D eigenvalue weighted by molar-refractivity contribution is 0.403. The second kappa shape index (κ2) is 5.47. The molecule has 1 aromatic carbocycles. The topological polar surface area (TPSA) is 50.9 Å². The van der Waals surface area contributed by atoms with E-state index in [2.05, 4.69) is 38.4 Å². The highest BCUT2D eigenvalue weighted by atomic mass is 79.9. The van der Waals surface area contributed by atoms with Gasteiger partial charge in [-0.05, 0) is 25.0 Å². The zero-order valence-corrected chi connectivity index (χ0v) is 12.4. The van der Waals surface area contributed by atoms with E-state index in [9.17, 15) is 0 Å². The summed E-state index contributed by atoms with van der Waals surface area (Å²) < 4.78 is 1.10. The zero-order chi connectivity index (χ0) is 13.2. The van der Waals surface area contributed by atoms with Crippen molar-refractivity contribution in [1.29, 1.82) is 0 Å². The number of nitrogens with one attached hydrogen (secondary N) is 1. The Labute approximate surface area is 121 Å². The van der Waals surface area contributed by atoms with E-state index < -0.39 is 0 Å². The van der Waals surface area contributed by atoms with Crippen LogP contribution in [0.5, 0.6) is 0 Å². The molecule has 0 unspecified atom stereocenters. The van der Waals surface area contributed by atoms with E-state index in [0.29, 0.717) is 6.04 Å². The monoisotopic (exact) mass is 319 g/mol. The first-order valence-electron chi connectivity index (χ1n) is 6.81. The fourth-order valence-electron chi connectivity index (χ4n) is 2.80. The highest BCUT2D eigenvalue weighted by Crippen LogP contribution is 2.29. The van der Waals surface area contributed by atoms with Crippen molar-refractivity contribution in [3.63, 3.8) is 0 Å². The minimum absolute atomic E-state index is 0.234. The van der Waals surface area contributed by atoms with Gasteiger partial charge >= 0.3 is 0 Å². The molecule has 4 heteroatoms. The molecule has 3 N–H and O–H groups in total. The summed E-state index contributed by atoms with van der Waals surface area (Å²) in [6, 6.07) is 8.80. The van der Waals surface area contributed by atoms with E-state index in [0.717, 1.165) is 28.5 Å². The first-order valence-corrected chi connectivity index (χ1v) is 7.60. The van der Waals surface area contributed by atoms with E-state index in [1.54, 1.807) is 0 Å². The Morgan fingerprint density at radius 2 is 2.00 bits per heavy atom. The van der Waals surface area contributed by atoms with Crippen LogP contribution in [0.4, 0.5) is 5.82 Å². The molecule has 0 spiro atoms. The predicted molar refractivity (Wildman–Crippen MR) is 83.3 cm³/mol. The van der Waals surface area contributed by atoms with E-state index >= 15 is 0 Å². The van der Waals surface area contributed by atoms with E-state index in [1.165, 1.54) is 18.2 Å². The van der Waals surface area contributed by atoms with Crippen LogP contribution in [0.25, 0.3) is 10.8 Å². The van der Waals surface area contributed by atoms with Gasteiger partial charge in [-0.25, -0.2) is 4.98 Å². The molecule has 3 nitrogen and oxygen atoms in total. The van der Waals surface area contributed by atoms with Crippen LogP contribution >= 0.6 is 15.9 Å². The van der Waals surface area contributed by atoms with Crippen LogP contribution in [0.15, 0.2) is 34.9 Å². The third kappa shape index (κ3) is 2.60. The van der Waals surface area contributed by atoms with Gasteiger partial charge in [0.15, 0.2) is 0 Å². The molecule has 1 aliphatic carbocycles. The summed E-state index contributed by atoms with van der Waals surface area (Å²) >= 11 is 3.59. The van der Waals surface area contributed by atoms with Crippen LogP contribution < -0.4 is 11.1 Å². The fraction of sp³-hybridized carbons (Fsp3) is 0.400. The number of pyridine rings is 1. The fourth-order valence-corrected chi connectivity index (χ4v) is 3.30. The SMILES string of the molecule is N[C@@H]1CCCC[C@H]1Nc1nccc2c(Br)cccc12. The largest absolute Gasteiger partial charge is 0.365 e. The van der Waals surface area contributed by atoms with E-state index in [-0.39, 0.29) is 6.04 Å². The van der Waals surface area contributed by atoms with Gasteiger partial charge in [0.2, 0.25) is 0 Å². The second-order valence-electron chi connectivity index (χ2n) is 5.19. The van der Waals surface area contributed by atoms with Crippen LogP contribution in [-0.2, 0) is 0 Å². The van der Waals surface area contributed by atoms with Gasteiger partial charge in [0, 0.05) is 33.5 Å². The lowest BCUT2D eigenvalue weighted by Crippen LogP contribution is -2.42. The number of halogens is 1. The lowest BCUT2D eigenvalue weighted by Gasteiger charge is -2.30. The molecule has 0 saturated heterocycles. The molecule has 2 aromatic rings. The minimum Gasteiger partial charge on any atom is -0.365 e. The summed E-state index contributed by atoms with van der Waals surface area (Å²) in [5.74, 6) is 0.946. The van der Waals surface area contributed by atoms with E-state index in [1.807, 2.05) is 18.3 Å². The van der Waals surface area contributed by atoms with Crippen molar-refractivity contribution in [3.05, 3.63) is 34.9 Å². The summed E-state index contributed by atoms with van der Waals surface area (Å²) in [4.78, 5) is 4.49. The highest BCUT2D eigenvalue weighted by Gasteiger charge is 2.22. The van der Waals surface area contributed by atoms with Crippen molar-refractivity contribution in [2.45, 2.75) is 37.8 Å². The maximum Gasteiger partial charge on any atom is 0.134 e. The van der Waals surface area contributed by atoms with Crippen molar-refractivity contribution in [3.8, 4) is 0 Å². The normalized spacial score (nSPS) is 23.5. The van der Waals surface area contributed by atoms with Crippen LogP contribution in [0.2, 0.25) is 0 Å². The number of hydrogen-bond acceptors (Lipinski definition) is 3. The number of nitrogens with two attached hydrogens (primary N) is 1. The summed E-state index contributed by atoms with van der Waals surface area (Å²) in [5, 5.41) is 5.88. The number of nitrogens with zero attached hydrogens (tertiary/aromatic N) is 1. The molecule has 3 rings (SSSR count). The standard InChI is InChI=1S/C15H18BrN3/c16-12-5-3-4-11-10(12)8-9-18-15(11)19-14-7-2-1-6-13(14)17/h3-5,8-9,13-14H,1-2,6-7,17H2,(H,18,19)/t13-,14-/m1/s1. The second-order valence-corrected chi connectivity index (χ2v) is 6.05. The van der Waals surface area contributed by atoms with Crippen molar-refractivity contribution < 1.29 is 0 Å². The Bertz CT molecular complexity index is 585. The maximum absolute atomic E-state index is 6.20. The summed E-state index contributed by atoms with van der Waals surface area (Å²) in [7, 11) is 0. The molecule has 1 saturated carbocycles. The van der Waals surface area contributed by atoms with Gasteiger partial charge in [0.25, 0.3) is 0 Å². The Balaban J connectivity index is 1.94. The smallest absolute Gasteiger partial charge is 0.134 e. The third-order valence-electron chi connectivity index (χ3n) is 3.89. The van der Waals surface area contributed by atoms with Crippen molar-refractivity contribution >= 4 is 32.5 Å². The quantitative estimate of drug-likeness (QED) is 0.887. The van der Waals surface area contributed by atoms with Gasteiger partial charge in [0.05, 0.1) is 0 Å². The Morgan fingerprint density at radius 1 is 1.16 bits per heavy atom. The zero-order valence-electron chi connectivity index (χ0n) is 10.8. The highest BCUT2D eigenvalue weighted by molar-refractivity contribution is 9.10. The number of fused-ring (bicyclic) bond motifs is 1. The number of hydrogen-bond donors (Lipinski definition) is 2. The van der Waals surface area contributed by atoms with Crippen LogP contribution in [0, 0.1) is 0 Å². The summed E-state index contributed by atoms with van der Waals surface area (Å²) in [5.41, 5.74) is 6.20. The maximum atomic E-state index is 6.20. The van der Waals surface area contributed by atoms with Crippen LogP contribution in [0.3, 0.4) is 0 Å². The van der Waals surface area contributed by atoms with Crippen molar-refractivity contribution in [1.82, 2.24) is 4.98 Å². The first-order chi connectivity index (χ1) is 9.25. The molecule has 0 aliphatic heterocycles. The third-order valence-corrected chi connectivity index (χ3v) is 4.59. The Hall–Kier alpha value is -1.13. The van der Waals surface area contributed by atoms with Gasteiger partial charge < -0.3 is 11.1 Å². The summed E-state index contributed by atoms with van der Waals surface area (Å²) in [6.07, 6.45) is 6.58. The molecular formula is C15H18BrN3. The lowest BCUT2D eigenvalue weighted by atomic mass is 9.91. The molecule has 1 aromatic heterocycles. The molecule has 1 fully saturated rings. The number of benzene rings is 1. The van der Waals surface area contributed by atoms with Crippen molar-refractivity contribution in [2.75, 3.05) is 5.32 Å². The first kappa shape index (κ1) is 12.9. The van der Waals surface area contributed by atoms with Gasteiger partial charge in [-0.2, -0.15) is 0 Å².